The van der Waals surface area contributed by atoms with E-state index in [9.17, 15) is 19.3 Å². The summed E-state index contributed by atoms with van der Waals surface area (Å²) in [6.45, 7) is -0.452. The molecular formula is C15H13FN2O5. The lowest BCUT2D eigenvalue weighted by atomic mass is 10.2. The summed E-state index contributed by atoms with van der Waals surface area (Å²) in [6.07, 6.45) is 0. The van der Waals surface area contributed by atoms with Crippen LogP contribution < -0.4 is 14.8 Å². The van der Waals surface area contributed by atoms with Gasteiger partial charge in [0.05, 0.1) is 17.7 Å². The number of carbonyl (C=O) groups is 1. The van der Waals surface area contributed by atoms with Gasteiger partial charge in [-0.15, -0.1) is 0 Å². The minimum absolute atomic E-state index is 0.0614. The van der Waals surface area contributed by atoms with E-state index in [4.69, 9.17) is 9.47 Å². The molecule has 2 rings (SSSR count). The van der Waals surface area contributed by atoms with Crippen LogP contribution in [-0.4, -0.2) is 24.5 Å². The summed E-state index contributed by atoms with van der Waals surface area (Å²) >= 11 is 0. The van der Waals surface area contributed by atoms with Crippen molar-refractivity contribution in [2.45, 2.75) is 0 Å². The lowest BCUT2D eigenvalue weighted by Crippen LogP contribution is -2.20. The zero-order chi connectivity index (χ0) is 16.8. The van der Waals surface area contributed by atoms with E-state index >= 15 is 0 Å². The third-order valence-electron chi connectivity index (χ3n) is 2.86. The van der Waals surface area contributed by atoms with Crippen molar-refractivity contribution in [2.24, 2.45) is 0 Å². The van der Waals surface area contributed by atoms with Gasteiger partial charge in [0.15, 0.2) is 18.2 Å². The third-order valence-corrected chi connectivity index (χ3v) is 2.86. The highest BCUT2D eigenvalue weighted by Crippen LogP contribution is 2.28. The van der Waals surface area contributed by atoms with E-state index < -0.39 is 23.3 Å². The number of nitro groups is 1. The molecule has 0 unspecified atom stereocenters. The molecule has 0 aromatic heterocycles. The molecule has 0 saturated heterocycles. The van der Waals surface area contributed by atoms with E-state index in [0.717, 1.165) is 0 Å². The van der Waals surface area contributed by atoms with E-state index in [1.54, 1.807) is 6.07 Å². The molecule has 23 heavy (non-hydrogen) atoms. The molecule has 0 radical (unpaired) electrons. The van der Waals surface area contributed by atoms with Gasteiger partial charge in [0.2, 0.25) is 0 Å². The van der Waals surface area contributed by atoms with Gasteiger partial charge in [0.25, 0.3) is 11.6 Å². The van der Waals surface area contributed by atoms with Gasteiger partial charge in [-0.25, -0.2) is 4.39 Å². The maximum Gasteiger partial charge on any atom is 0.271 e. The zero-order valence-corrected chi connectivity index (χ0v) is 12.1. The van der Waals surface area contributed by atoms with E-state index in [1.807, 2.05) is 0 Å². The number of halogens is 1. The van der Waals surface area contributed by atoms with Crippen molar-refractivity contribution < 1.29 is 23.6 Å². The molecule has 1 amide bonds. The van der Waals surface area contributed by atoms with E-state index in [1.165, 1.54) is 43.5 Å². The van der Waals surface area contributed by atoms with Crippen molar-refractivity contribution in [2.75, 3.05) is 19.0 Å². The maximum atomic E-state index is 13.4. The Labute approximate surface area is 130 Å². The normalized spacial score (nSPS) is 10.0. The fourth-order valence-electron chi connectivity index (χ4n) is 1.80. The summed E-state index contributed by atoms with van der Waals surface area (Å²) in [5, 5.41) is 13.2. The number of nitrogens with one attached hydrogen (secondary N) is 1. The van der Waals surface area contributed by atoms with Crippen molar-refractivity contribution in [1.82, 2.24) is 0 Å². The van der Waals surface area contributed by atoms with Gasteiger partial charge < -0.3 is 14.8 Å². The maximum absolute atomic E-state index is 13.4. The highest BCUT2D eigenvalue weighted by atomic mass is 19.1. The second kappa shape index (κ2) is 7.21. The minimum Gasteiger partial charge on any atom is -0.495 e. The summed E-state index contributed by atoms with van der Waals surface area (Å²) < 4.78 is 23.5. The SMILES string of the molecule is COc1ccc([N+](=O)[O-])cc1NC(=O)COc1ccccc1F. The van der Waals surface area contributed by atoms with Crippen LogP contribution in [0.1, 0.15) is 0 Å². The van der Waals surface area contributed by atoms with Crippen LogP contribution in [0.25, 0.3) is 0 Å². The highest BCUT2D eigenvalue weighted by Gasteiger charge is 2.14. The molecule has 120 valence electrons. The van der Waals surface area contributed by atoms with E-state index in [0.29, 0.717) is 0 Å². The van der Waals surface area contributed by atoms with Crippen LogP contribution in [0.4, 0.5) is 15.8 Å². The number of hydrogen-bond donors (Lipinski definition) is 1. The van der Waals surface area contributed by atoms with Crippen LogP contribution in [0.2, 0.25) is 0 Å². The largest absolute Gasteiger partial charge is 0.495 e. The number of non-ortho nitro benzene ring substituents is 1. The van der Waals surface area contributed by atoms with Gasteiger partial charge in [0, 0.05) is 12.1 Å². The summed E-state index contributed by atoms with van der Waals surface area (Å²) in [6, 6.07) is 9.44. The zero-order valence-electron chi connectivity index (χ0n) is 12.1. The molecule has 0 saturated carbocycles. The van der Waals surface area contributed by atoms with Crippen LogP contribution in [0.5, 0.6) is 11.5 Å². The van der Waals surface area contributed by atoms with Crippen molar-refractivity contribution in [3.05, 3.63) is 58.4 Å². The fraction of sp³-hybridized carbons (Fsp3) is 0.133. The predicted molar refractivity (Wildman–Crippen MR) is 80.2 cm³/mol. The Morgan fingerprint density at radius 1 is 1.26 bits per heavy atom. The average Bonchev–Trinajstić information content (AvgIpc) is 2.54. The lowest BCUT2D eigenvalue weighted by molar-refractivity contribution is -0.384. The fourth-order valence-corrected chi connectivity index (χ4v) is 1.80. The molecule has 7 nitrogen and oxygen atoms in total. The first-order valence-electron chi connectivity index (χ1n) is 6.51. The molecule has 0 atom stereocenters. The number of carbonyl (C=O) groups excluding carboxylic acids is 1. The molecule has 1 N–H and O–H groups in total. The first kappa shape index (κ1) is 16.2. The molecule has 8 heteroatoms. The summed E-state index contributed by atoms with van der Waals surface area (Å²) in [5.41, 5.74) is -0.0695. The van der Waals surface area contributed by atoms with E-state index in [-0.39, 0.29) is 22.9 Å². The second-order valence-electron chi connectivity index (χ2n) is 4.41. The van der Waals surface area contributed by atoms with Gasteiger partial charge in [0.1, 0.15) is 5.75 Å². The van der Waals surface area contributed by atoms with Crippen LogP contribution >= 0.6 is 0 Å². The summed E-state index contributed by atoms with van der Waals surface area (Å²) in [7, 11) is 1.37. The second-order valence-corrected chi connectivity index (χ2v) is 4.41. The quantitative estimate of drug-likeness (QED) is 0.653. The van der Waals surface area contributed by atoms with Crippen molar-refractivity contribution in [1.29, 1.82) is 0 Å². The van der Waals surface area contributed by atoms with Gasteiger partial charge in [-0.1, -0.05) is 12.1 Å². The van der Waals surface area contributed by atoms with Gasteiger partial charge >= 0.3 is 0 Å². The number of anilines is 1. The lowest BCUT2D eigenvalue weighted by Gasteiger charge is -2.11. The molecule has 0 heterocycles. The molecule has 2 aromatic rings. The van der Waals surface area contributed by atoms with Crippen LogP contribution in [0, 0.1) is 15.9 Å². The molecule has 0 aliphatic rings. The Morgan fingerprint density at radius 3 is 2.65 bits per heavy atom. The number of benzene rings is 2. The molecular weight excluding hydrogens is 307 g/mol. The Hall–Kier alpha value is -3.16. The van der Waals surface area contributed by atoms with Crippen LogP contribution in [-0.2, 0) is 4.79 Å². The Bertz CT molecular complexity index is 736. The van der Waals surface area contributed by atoms with Gasteiger partial charge in [-0.2, -0.15) is 0 Å². The van der Waals surface area contributed by atoms with Crippen molar-refractivity contribution >= 4 is 17.3 Å². The third kappa shape index (κ3) is 4.16. The number of nitro benzene ring substituents is 1. The first-order chi connectivity index (χ1) is 11.0. The summed E-state index contributed by atoms with van der Waals surface area (Å²) in [4.78, 5) is 22.0. The standard InChI is InChI=1S/C15H13FN2O5/c1-22-14-7-6-10(18(20)21)8-12(14)17-15(19)9-23-13-5-3-2-4-11(13)16/h2-8H,9H2,1H3,(H,17,19). The smallest absolute Gasteiger partial charge is 0.271 e. The molecule has 0 aliphatic heterocycles. The average molecular weight is 320 g/mol. The predicted octanol–water partition coefficient (Wildman–Crippen LogP) is 2.76. The van der Waals surface area contributed by atoms with Crippen LogP contribution in [0.3, 0.4) is 0 Å². The number of rotatable bonds is 6. The number of ether oxygens (including phenoxy) is 2. The van der Waals surface area contributed by atoms with Crippen molar-refractivity contribution in [3.8, 4) is 11.5 Å². The Morgan fingerprint density at radius 2 is 2.00 bits per heavy atom. The Kier molecular flexibility index (Phi) is 5.08. The molecule has 0 fully saturated rings. The molecule has 0 spiro atoms. The topological polar surface area (TPSA) is 90.7 Å². The minimum atomic E-state index is -0.605. The number of para-hydroxylation sites is 1. The number of amides is 1. The first-order valence-corrected chi connectivity index (χ1v) is 6.51. The van der Waals surface area contributed by atoms with Gasteiger partial charge in [-0.3, -0.25) is 14.9 Å². The van der Waals surface area contributed by atoms with Crippen LogP contribution in [0.15, 0.2) is 42.5 Å². The Balaban J connectivity index is 2.06. The number of hydrogen-bond acceptors (Lipinski definition) is 5. The highest BCUT2D eigenvalue weighted by molar-refractivity contribution is 5.93. The monoisotopic (exact) mass is 320 g/mol. The molecule has 0 bridgehead atoms. The van der Waals surface area contributed by atoms with Gasteiger partial charge in [-0.05, 0) is 18.2 Å². The van der Waals surface area contributed by atoms with E-state index in [2.05, 4.69) is 5.32 Å². The number of nitrogens with zero attached hydrogens (tertiary/aromatic N) is 1. The molecule has 2 aromatic carbocycles. The van der Waals surface area contributed by atoms with Crippen molar-refractivity contribution in [3.63, 3.8) is 0 Å². The molecule has 0 aliphatic carbocycles. The summed E-state index contributed by atoms with van der Waals surface area (Å²) in [5.74, 6) is -0.997. The number of methoxy groups -OCH3 is 1.